The van der Waals surface area contributed by atoms with Gasteiger partial charge in [-0.15, -0.1) is 0 Å². The topological polar surface area (TPSA) is 86.8 Å². The highest BCUT2D eigenvalue weighted by Gasteiger charge is 2.34. The summed E-state index contributed by atoms with van der Waals surface area (Å²) in [5, 5.41) is 3.41. The number of amides is 2. The van der Waals surface area contributed by atoms with Crippen LogP contribution in [0.5, 0.6) is 0 Å². The van der Waals surface area contributed by atoms with Crippen molar-refractivity contribution >= 4 is 55.1 Å². The molecule has 0 unspecified atom stereocenters. The molecule has 3 aromatic carbocycles. The Kier molecular flexibility index (Phi) is 10.9. The Balaban J connectivity index is 1.73. The standard InChI is InChI=1S/C31H35BrClN3O4S/c1-41(39,40)36(28-18-9-8-17-27(28)33)22-30(37)35(21-24-13-10-14-25(32)19-24)29(20-23-11-4-2-5-12-23)31(38)34-26-15-6-3-7-16-26/h2,4-5,8-14,17-19,26,29H,3,6-7,15-16,20-22H2,1H3,(H,34,38)/t29-/m0/s1. The van der Waals surface area contributed by atoms with E-state index in [2.05, 4.69) is 21.2 Å². The van der Waals surface area contributed by atoms with Crippen molar-refractivity contribution in [2.75, 3.05) is 17.1 Å². The van der Waals surface area contributed by atoms with Gasteiger partial charge in [-0.25, -0.2) is 8.42 Å². The van der Waals surface area contributed by atoms with Crippen LogP contribution in [0, 0.1) is 0 Å². The molecule has 7 nitrogen and oxygen atoms in total. The normalized spacial score (nSPS) is 14.7. The van der Waals surface area contributed by atoms with Crippen molar-refractivity contribution in [1.29, 1.82) is 0 Å². The molecule has 1 aliphatic carbocycles. The fourth-order valence-corrected chi connectivity index (χ4v) is 6.77. The van der Waals surface area contributed by atoms with Crippen molar-refractivity contribution in [3.63, 3.8) is 0 Å². The molecule has 4 rings (SSSR count). The number of hydrogen-bond acceptors (Lipinski definition) is 4. The highest BCUT2D eigenvalue weighted by atomic mass is 79.9. The number of nitrogens with zero attached hydrogens (tertiary/aromatic N) is 2. The van der Waals surface area contributed by atoms with Crippen molar-refractivity contribution in [1.82, 2.24) is 10.2 Å². The second kappa shape index (κ2) is 14.3. The highest BCUT2D eigenvalue weighted by molar-refractivity contribution is 9.10. The zero-order valence-corrected chi connectivity index (χ0v) is 26.2. The minimum Gasteiger partial charge on any atom is -0.352 e. The smallest absolute Gasteiger partial charge is 0.244 e. The molecule has 0 saturated heterocycles. The lowest BCUT2D eigenvalue weighted by molar-refractivity contribution is -0.140. The van der Waals surface area contributed by atoms with Crippen LogP contribution in [0.1, 0.15) is 43.2 Å². The minimum absolute atomic E-state index is 0.0491. The lowest BCUT2D eigenvalue weighted by Gasteiger charge is -2.35. The first-order valence-corrected chi connectivity index (χ1v) is 16.7. The predicted octanol–water partition coefficient (Wildman–Crippen LogP) is 5.96. The van der Waals surface area contributed by atoms with Crippen LogP contribution in [0.15, 0.2) is 83.3 Å². The molecule has 2 amide bonds. The highest BCUT2D eigenvalue weighted by Crippen LogP contribution is 2.28. The summed E-state index contributed by atoms with van der Waals surface area (Å²) in [6, 6.07) is 22.8. The molecule has 1 aliphatic rings. The van der Waals surface area contributed by atoms with E-state index in [0.717, 1.165) is 58.3 Å². The number of sulfonamides is 1. The van der Waals surface area contributed by atoms with Gasteiger partial charge < -0.3 is 10.2 Å². The van der Waals surface area contributed by atoms with Gasteiger partial charge in [-0.2, -0.15) is 0 Å². The largest absolute Gasteiger partial charge is 0.352 e. The van der Waals surface area contributed by atoms with E-state index >= 15 is 0 Å². The summed E-state index contributed by atoms with van der Waals surface area (Å²) in [6.45, 7) is -0.382. The zero-order valence-electron chi connectivity index (χ0n) is 23.0. The van der Waals surface area contributed by atoms with Gasteiger partial charge >= 0.3 is 0 Å². The molecule has 1 atom stereocenters. The van der Waals surface area contributed by atoms with Crippen LogP contribution in [0.2, 0.25) is 5.02 Å². The van der Waals surface area contributed by atoms with Gasteiger partial charge in [0.05, 0.1) is 17.0 Å². The second-order valence-corrected chi connectivity index (χ2v) is 13.7. The molecule has 0 spiro atoms. The monoisotopic (exact) mass is 659 g/mol. The molecule has 0 bridgehead atoms. The molecule has 0 aliphatic heterocycles. The van der Waals surface area contributed by atoms with Crippen LogP contribution < -0.4 is 9.62 Å². The molecular weight excluding hydrogens is 626 g/mol. The van der Waals surface area contributed by atoms with E-state index in [4.69, 9.17) is 11.6 Å². The van der Waals surface area contributed by atoms with Gasteiger partial charge in [0.25, 0.3) is 0 Å². The molecule has 0 radical (unpaired) electrons. The molecule has 3 aromatic rings. The van der Waals surface area contributed by atoms with E-state index in [9.17, 15) is 18.0 Å². The van der Waals surface area contributed by atoms with Crippen LogP contribution in [0.25, 0.3) is 0 Å². The third-order valence-corrected chi connectivity index (χ3v) is 9.20. The molecule has 218 valence electrons. The lowest BCUT2D eigenvalue weighted by atomic mass is 9.94. The van der Waals surface area contributed by atoms with Gasteiger partial charge in [-0.3, -0.25) is 13.9 Å². The number of halogens is 2. The molecular formula is C31H35BrClN3O4S. The molecule has 1 N–H and O–H groups in total. The number of rotatable bonds is 11. The summed E-state index contributed by atoms with van der Waals surface area (Å²) in [6.07, 6.45) is 6.38. The average molecular weight is 661 g/mol. The Morgan fingerprint density at radius 2 is 1.61 bits per heavy atom. The average Bonchev–Trinajstić information content (AvgIpc) is 2.94. The van der Waals surface area contributed by atoms with Crippen LogP contribution in [-0.4, -0.2) is 50.0 Å². The number of benzene rings is 3. The Morgan fingerprint density at radius 3 is 2.27 bits per heavy atom. The van der Waals surface area contributed by atoms with Gasteiger partial charge in [0.15, 0.2) is 0 Å². The number of para-hydroxylation sites is 1. The number of hydrogen-bond donors (Lipinski definition) is 1. The van der Waals surface area contributed by atoms with E-state index in [-0.39, 0.29) is 35.6 Å². The fourth-order valence-electron chi connectivity index (χ4n) is 5.18. The molecule has 10 heteroatoms. The van der Waals surface area contributed by atoms with Crippen LogP contribution >= 0.6 is 27.5 Å². The van der Waals surface area contributed by atoms with Crippen LogP contribution in [-0.2, 0) is 32.6 Å². The van der Waals surface area contributed by atoms with E-state index in [1.807, 2.05) is 54.6 Å². The van der Waals surface area contributed by atoms with Crippen LogP contribution in [0.3, 0.4) is 0 Å². The lowest BCUT2D eigenvalue weighted by Crippen LogP contribution is -2.55. The summed E-state index contributed by atoms with van der Waals surface area (Å²) >= 11 is 9.86. The molecule has 0 aromatic heterocycles. The number of nitrogens with one attached hydrogen (secondary N) is 1. The van der Waals surface area contributed by atoms with Crippen molar-refractivity contribution in [3.8, 4) is 0 Å². The van der Waals surface area contributed by atoms with Crippen molar-refractivity contribution in [2.24, 2.45) is 0 Å². The maximum absolute atomic E-state index is 14.2. The second-order valence-electron chi connectivity index (χ2n) is 10.4. The third-order valence-electron chi connectivity index (χ3n) is 7.26. The van der Waals surface area contributed by atoms with Crippen molar-refractivity contribution in [2.45, 2.75) is 57.2 Å². The summed E-state index contributed by atoms with van der Waals surface area (Å²) in [5.41, 5.74) is 1.91. The number of anilines is 1. The third kappa shape index (κ3) is 8.80. The van der Waals surface area contributed by atoms with E-state index in [0.29, 0.717) is 0 Å². The van der Waals surface area contributed by atoms with Gasteiger partial charge in [0.1, 0.15) is 12.6 Å². The Morgan fingerprint density at radius 1 is 0.951 bits per heavy atom. The van der Waals surface area contributed by atoms with Gasteiger partial charge in [0, 0.05) is 23.5 Å². The Labute approximate surface area is 256 Å². The quantitative estimate of drug-likeness (QED) is 0.275. The summed E-state index contributed by atoms with van der Waals surface area (Å²) in [7, 11) is -3.88. The first-order valence-electron chi connectivity index (χ1n) is 13.7. The molecule has 41 heavy (non-hydrogen) atoms. The van der Waals surface area contributed by atoms with Crippen LogP contribution in [0.4, 0.5) is 5.69 Å². The first kappa shape index (κ1) is 31.1. The summed E-state index contributed by atoms with van der Waals surface area (Å²) in [4.78, 5) is 29.6. The predicted molar refractivity (Wildman–Crippen MR) is 167 cm³/mol. The Hall–Kier alpha value is -2.88. The summed E-state index contributed by atoms with van der Waals surface area (Å²) in [5.74, 6) is -0.747. The van der Waals surface area contributed by atoms with Gasteiger partial charge in [-0.1, -0.05) is 101 Å². The number of carbonyl (C=O) groups excluding carboxylic acids is 2. The minimum atomic E-state index is -3.88. The van der Waals surface area contributed by atoms with Gasteiger partial charge in [0.2, 0.25) is 21.8 Å². The SMILES string of the molecule is CS(=O)(=O)N(CC(=O)N(Cc1cccc(Br)c1)[C@@H](Cc1ccccc1)C(=O)NC1CCCCC1)c1ccccc1Cl. The van der Waals surface area contributed by atoms with E-state index in [1.54, 1.807) is 24.3 Å². The maximum Gasteiger partial charge on any atom is 0.244 e. The Bertz CT molecular complexity index is 1450. The van der Waals surface area contributed by atoms with Crippen molar-refractivity contribution < 1.29 is 18.0 Å². The summed E-state index contributed by atoms with van der Waals surface area (Å²) < 4.78 is 27.7. The number of carbonyl (C=O) groups is 2. The van der Waals surface area contributed by atoms with Crippen molar-refractivity contribution in [3.05, 3.63) is 99.5 Å². The first-order chi connectivity index (χ1) is 19.6. The molecule has 1 saturated carbocycles. The maximum atomic E-state index is 14.2. The fraction of sp³-hybridized carbons (Fsp3) is 0.355. The molecule has 0 heterocycles. The zero-order chi connectivity index (χ0) is 29.4. The van der Waals surface area contributed by atoms with E-state index in [1.165, 1.54) is 4.90 Å². The van der Waals surface area contributed by atoms with Gasteiger partial charge in [-0.05, 0) is 48.2 Å². The van der Waals surface area contributed by atoms with E-state index < -0.39 is 28.5 Å². The molecule has 1 fully saturated rings.